The zero-order chi connectivity index (χ0) is 23.9. The molecule has 4 aromatic rings. The van der Waals surface area contributed by atoms with Gasteiger partial charge in [-0.25, -0.2) is 4.79 Å². The first-order valence-corrected chi connectivity index (χ1v) is 12.2. The summed E-state index contributed by atoms with van der Waals surface area (Å²) in [7, 11) is 0. The first-order valence-electron chi connectivity index (χ1n) is 10.3. The molecule has 0 saturated carbocycles. The van der Waals surface area contributed by atoms with Gasteiger partial charge in [-0.1, -0.05) is 59.6 Å². The third-order valence-electron chi connectivity index (χ3n) is 4.82. The Kier molecular flexibility index (Phi) is 7.92. The molecule has 0 aliphatic carbocycles. The van der Waals surface area contributed by atoms with Gasteiger partial charge in [0.2, 0.25) is 4.90 Å². The molecule has 172 valence electrons. The van der Waals surface area contributed by atoms with Gasteiger partial charge in [-0.2, -0.15) is 9.27 Å². The highest BCUT2D eigenvalue weighted by atomic mass is 35.5. The minimum absolute atomic E-state index is 0.327. The lowest BCUT2D eigenvalue weighted by atomic mass is 10.1. The standard InChI is InChI=1S/C25H20Cl2N4O2S/c26-19-13-22(18-6-2-1-3-7-18)24(23(27)14-19)34(33)31-21-10-8-20(9-11-21)30-25(32)29-16-17-5-4-12-28-15-17/h1-15,31,33H,16H2,(H-,29,30,32)/p+1. The van der Waals surface area contributed by atoms with E-state index in [0.29, 0.717) is 32.9 Å². The number of hydrogen-bond donors (Lipinski definition) is 4. The lowest BCUT2D eigenvalue weighted by Crippen LogP contribution is -2.28. The molecule has 2 amide bonds. The van der Waals surface area contributed by atoms with Crippen LogP contribution < -0.4 is 15.4 Å². The highest BCUT2D eigenvalue weighted by Crippen LogP contribution is 2.37. The van der Waals surface area contributed by atoms with Gasteiger partial charge in [-0.05, 0) is 53.6 Å². The average Bonchev–Trinajstić information content (AvgIpc) is 2.84. The van der Waals surface area contributed by atoms with E-state index in [1.54, 1.807) is 48.8 Å². The van der Waals surface area contributed by atoms with Crippen molar-refractivity contribution in [2.75, 3.05) is 10.0 Å². The summed E-state index contributed by atoms with van der Waals surface area (Å²) in [5.74, 6) is 0. The van der Waals surface area contributed by atoms with E-state index in [2.05, 4.69) is 20.3 Å². The second-order valence-electron chi connectivity index (χ2n) is 7.26. The number of anilines is 2. The van der Waals surface area contributed by atoms with Crippen LogP contribution in [0.15, 0.2) is 96.2 Å². The number of urea groups is 1. The third kappa shape index (κ3) is 6.21. The fourth-order valence-electron chi connectivity index (χ4n) is 3.23. The Labute approximate surface area is 210 Å². The van der Waals surface area contributed by atoms with Gasteiger partial charge in [0.25, 0.3) is 0 Å². The summed E-state index contributed by atoms with van der Waals surface area (Å²) < 4.78 is 14.1. The number of amides is 2. The van der Waals surface area contributed by atoms with Crippen LogP contribution in [0, 0.1) is 0 Å². The monoisotopic (exact) mass is 511 g/mol. The SMILES string of the molecule is O=C(NCc1cccnc1)Nc1ccc(N[S+](O)c2c(Cl)cc(Cl)cc2-c2ccccc2)cc1. The summed E-state index contributed by atoms with van der Waals surface area (Å²) in [5, 5.41) is 6.41. The molecule has 0 radical (unpaired) electrons. The molecular weight excluding hydrogens is 491 g/mol. The number of rotatable bonds is 7. The van der Waals surface area contributed by atoms with Crippen molar-refractivity contribution in [1.29, 1.82) is 0 Å². The van der Waals surface area contributed by atoms with E-state index in [4.69, 9.17) is 23.2 Å². The van der Waals surface area contributed by atoms with Gasteiger partial charge in [0.1, 0.15) is 5.02 Å². The van der Waals surface area contributed by atoms with Crippen LogP contribution >= 0.6 is 23.2 Å². The Balaban J connectivity index is 1.42. The minimum atomic E-state index is -1.40. The topological polar surface area (TPSA) is 86.3 Å². The second-order valence-corrected chi connectivity index (χ2v) is 9.29. The van der Waals surface area contributed by atoms with Crippen LogP contribution in [-0.2, 0) is 17.9 Å². The number of aromatic nitrogens is 1. The molecule has 9 heteroatoms. The Morgan fingerprint density at radius 2 is 1.68 bits per heavy atom. The molecule has 1 aromatic heterocycles. The number of nitrogens with zero attached hydrogens (tertiary/aromatic N) is 1. The molecule has 0 aliphatic heterocycles. The number of carbonyl (C=O) groups is 1. The second kappa shape index (κ2) is 11.3. The summed E-state index contributed by atoms with van der Waals surface area (Å²) in [6.07, 6.45) is 3.38. The molecule has 1 heterocycles. The van der Waals surface area contributed by atoms with Gasteiger partial charge in [-0.15, -0.1) is 0 Å². The number of pyridine rings is 1. The summed E-state index contributed by atoms with van der Waals surface area (Å²) in [5.41, 5.74) is 3.83. The molecular formula is C25H21Cl2N4O2S+. The highest BCUT2D eigenvalue weighted by molar-refractivity contribution is 7.93. The van der Waals surface area contributed by atoms with Gasteiger partial charge in [0.15, 0.2) is 0 Å². The van der Waals surface area contributed by atoms with E-state index < -0.39 is 11.4 Å². The summed E-state index contributed by atoms with van der Waals surface area (Å²) >= 11 is 11.3. The number of hydrogen-bond acceptors (Lipinski definition) is 4. The molecule has 0 aliphatic rings. The number of nitrogens with one attached hydrogen (secondary N) is 3. The number of carbonyl (C=O) groups excluding carboxylic acids is 1. The lowest BCUT2D eigenvalue weighted by Gasteiger charge is -2.11. The molecule has 4 rings (SSSR count). The van der Waals surface area contributed by atoms with E-state index >= 15 is 0 Å². The van der Waals surface area contributed by atoms with Gasteiger partial charge in [0.05, 0.1) is 5.69 Å². The van der Waals surface area contributed by atoms with E-state index in [0.717, 1.165) is 16.7 Å². The maximum absolute atomic E-state index is 12.1. The van der Waals surface area contributed by atoms with E-state index in [-0.39, 0.29) is 6.03 Å². The Morgan fingerprint density at radius 3 is 2.38 bits per heavy atom. The van der Waals surface area contributed by atoms with Crippen molar-refractivity contribution in [3.63, 3.8) is 0 Å². The molecule has 6 nitrogen and oxygen atoms in total. The molecule has 0 saturated heterocycles. The van der Waals surface area contributed by atoms with Crippen molar-refractivity contribution >= 4 is 52.0 Å². The van der Waals surface area contributed by atoms with Crippen LogP contribution in [0.25, 0.3) is 11.1 Å². The fourth-order valence-corrected chi connectivity index (χ4v) is 5.04. The first-order chi connectivity index (χ1) is 16.5. The minimum Gasteiger partial charge on any atom is -0.334 e. The van der Waals surface area contributed by atoms with E-state index in [9.17, 15) is 9.35 Å². The Morgan fingerprint density at radius 1 is 0.941 bits per heavy atom. The normalized spacial score (nSPS) is 11.5. The van der Waals surface area contributed by atoms with Crippen LogP contribution in [-0.4, -0.2) is 15.6 Å². The number of halogens is 2. The van der Waals surface area contributed by atoms with E-state index in [1.165, 1.54) is 0 Å². The van der Waals surface area contributed by atoms with Crippen molar-refractivity contribution in [2.24, 2.45) is 0 Å². The molecule has 0 fully saturated rings. The number of benzene rings is 3. The maximum Gasteiger partial charge on any atom is 0.319 e. The first kappa shape index (κ1) is 23.9. The molecule has 0 bridgehead atoms. The molecule has 1 unspecified atom stereocenters. The van der Waals surface area contributed by atoms with Crippen LogP contribution in [0.2, 0.25) is 10.0 Å². The largest absolute Gasteiger partial charge is 0.334 e. The summed E-state index contributed by atoms with van der Waals surface area (Å²) in [6, 6.07) is 23.4. The molecule has 1 atom stereocenters. The van der Waals surface area contributed by atoms with Crippen LogP contribution in [0.5, 0.6) is 0 Å². The Bertz CT molecular complexity index is 1260. The smallest absolute Gasteiger partial charge is 0.319 e. The predicted octanol–water partition coefficient (Wildman–Crippen LogP) is 6.85. The molecule has 3 aromatic carbocycles. The van der Waals surface area contributed by atoms with Crippen molar-refractivity contribution in [3.05, 3.63) is 107 Å². The summed E-state index contributed by atoms with van der Waals surface area (Å²) in [4.78, 5) is 16.7. The van der Waals surface area contributed by atoms with Crippen LogP contribution in [0.1, 0.15) is 5.56 Å². The highest BCUT2D eigenvalue weighted by Gasteiger charge is 2.30. The van der Waals surface area contributed by atoms with Gasteiger partial charge < -0.3 is 10.6 Å². The molecule has 4 N–H and O–H groups in total. The van der Waals surface area contributed by atoms with Gasteiger partial charge in [-0.3, -0.25) is 4.98 Å². The zero-order valence-electron chi connectivity index (χ0n) is 17.8. The quantitative estimate of drug-likeness (QED) is 0.204. The van der Waals surface area contributed by atoms with Crippen molar-refractivity contribution in [1.82, 2.24) is 10.3 Å². The van der Waals surface area contributed by atoms with E-state index in [1.807, 2.05) is 42.5 Å². The predicted molar refractivity (Wildman–Crippen MR) is 140 cm³/mol. The third-order valence-corrected chi connectivity index (χ3v) is 6.70. The fraction of sp³-hybridized carbons (Fsp3) is 0.0400. The van der Waals surface area contributed by atoms with Crippen molar-refractivity contribution < 1.29 is 9.35 Å². The van der Waals surface area contributed by atoms with Crippen molar-refractivity contribution in [2.45, 2.75) is 11.4 Å². The zero-order valence-corrected chi connectivity index (χ0v) is 20.2. The molecule has 0 spiro atoms. The maximum atomic E-state index is 12.1. The van der Waals surface area contributed by atoms with Crippen LogP contribution in [0.4, 0.5) is 16.2 Å². The van der Waals surface area contributed by atoms with Gasteiger partial charge in [0, 0.05) is 35.2 Å². The lowest BCUT2D eigenvalue weighted by molar-refractivity contribution is 0.251. The summed E-state index contributed by atoms with van der Waals surface area (Å²) in [6.45, 7) is 0.373. The van der Waals surface area contributed by atoms with Crippen molar-refractivity contribution in [3.8, 4) is 11.1 Å². The average molecular weight is 512 g/mol. The van der Waals surface area contributed by atoms with Crippen LogP contribution in [0.3, 0.4) is 0 Å². The van der Waals surface area contributed by atoms with Gasteiger partial charge >= 0.3 is 17.4 Å². The molecule has 34 heavy (non-hydrogen) atoms. The Hall–Kier alpha value is -3.23.